The number of nitrogens with one attached hydrogen (secondary N) is 2. The second kappa shape index (κ2) is 6.51. The number of nitrogens with zero attached hydrogens (tertiary/aromatic N) is 1. The van der Waals surface area contributed by atoms with Crippen LogP contribution in [0.5, 0.6) is 0 Å². The topological polar surface area (TPSA) is 71.1 Å². The molecule has 0 amide bonds. The molecule has 112 valence electrons. The predicted molar refractivity (Wildman–Crippen MR) is 85.7 cm³/mol. The summed E-state index contributed by atoms with van der Waals surface area (Å²) >= 11 is 11.9. The van der Waals surface area contributed by atoms with Gasteiger partial charge in [0.1, 0.15) is 4.90 Å². The van der Waals surface area contributed by atoms with Crippen molar-refractivity contribution >= 4 is 44.6 Å². The van der Waals surface area contributed by atoms with Crippen LogP contribution in [0.3, 0.4) is 0 Å². The molecular weight excluding hydrogens is 333 g/mol. The Kier molecular flexibility index (Phi) is 4.92. The number of hydrogen-bond donors (Lipinski definition) is 2. The first kappa shape index (κ1) is 15.9. The van der Waals surface area contributed by atoms with E-state index in [0.717, 1.165) is 0 Å². The van der Waals surface area contributed by atoms with Crippen molar-refractivity contribution in [3.05, 3.63) is 46.7 Å². The standard InChI is InChI=1S/C13H13Cl2N3O2S/c1-2-17-10-6-7-16-8-12(10)21(19,20)18-11-5-3-4-9(14)13(11)15/h3-8,18H,2H2,1H3,(H,16,17). The van der Waals surface area contributed by atoms with Gasteiger partial charge >= 0.3 is 0 Å². The second-order valence-electron chi connectivity index (χ2n) is 4.11. The largest absolute Gasteiger partial charge is 0.384 e. The van der Waals surface area contributed by atoms with Crippen LogP contribution in [0.25, 0.3) is 0 Å². The maximum atomic E-state index is 12.5. The van der Waals surface area contributed by atoms with Crippen LogP contribution in [0.1, 0.15) is 6.92 Å². The lowest BCUT2D eigenvalue weighted by atomic mass is 10.3. The van der Waals surface area contributed by atoms with Crippen LogP contribution in [0, 0.1) is 0 Å². The average Bonchev–Trinajstić information content (AvgIpc) is 2.44. The summed E-state index contributed by atoms with van der Waals surface area (Å²) in [5.41, 5.74) is 0.689. The zero-order chi connectivity index (χ0) is 15.5. The molecule has 0 atom stereocenters. The molecular formula is C13H13Cl2N3O2S. The fourth-order valence-corrected chi connectivity index (χ4v) is 3.32. The maximum Gasteiger partial charge on any atom is 0.265 e. The number of hydrogen-bond acceptors (Lipinski definition) is 4. The van der Waals surface area contributed by atoms with Crippen molar-refractivity contribution in [2.75, 3.05) is 16.6 Å². The van der Waals surface area contributed by atoms with Crippen molar-refractivity contribution < 1.29 is 8.42 Å². The van der Waals surface area contributed by atoms with E-state index in [1.54, 1.807) is 18.2 Å². The lowest BCUT2D eigenvalue weighted by molar-refractivity contribution is 0.601. The van der Waals surface area contributed by atoms with Gasteiger partial charge in [0.15, 0.2) is 0 Å². The number of benzene rings is 1. The molecule has 0 bridgehead atoms. The van der Waals surface area contributed by atoms with Gasteiger partial charge in [0.05, 0.1) is 21.4 Å². The molecule has 0 aliphatic heterocycles. The van der Waals surface area contributed by atoms with E-state index in [9.17, 15) is 8.42 Å². The minimum absolute atomic E-state index is 0.0443. The summed E-state index contributed by atoms with van der Waals surface area (Å²) in [4.78, 5) is 3.90. The first-order valence-electron chi connectivity index (χ1n) is 6.10. The van der Waals surface area contributed by atoms with Crippen LogP contribution in [0.2, 0.25) is 10.0 Å². The molecule has 21 heavy (non-hydrogen) atoms. The number of anilines is 2. The summed E-state index contributed by atoms with van der Waals surface area (Å²) in [5.74, 6) is 0. The molecule has 0 aliphatic rings. The Morgan fingerprint density at radius 1 is 1.19 bits per heavy atom. The Balaban J connectivity index is 2.41. The lowest BCUT2D eigenvalue weighted by Gasteiger charge is -2.13. The fraction of sp³-hybridized carbons (Fsp3) is 0.154. The van der Waals surface area contributed by atoms with E-state index in [4.69, 9.17) is 23.2 Å². The molecule has 0 radical (unpaired) electrons. The highest BCUT2D eigenvalue weighted by molar-refractivity contribution is 7.92. The van der Waals surface area contributed by atoms with Gasteiger partial charge in [-0.05, 0) is 25.1 Å². The zero-order valence-electron chi connectivity index (χ0n) is 11.1. The molecule has 1 heterocycles. The van der Waals surface area contributed by atoms with E-state index in [1.165, 1.54) is 18.5 Å². The van der Waals surface area contributed by atoms with Crippen molar-refractivity contribution in [3.8, 4) is 0 Å². The Hall–Kier alpha value is -1.50. The first-order valence-corrected chi connectivity index (χ1v) is 8.34. The van der Waals surface area contributed by atoms with Crippen LogP contribution in [-0.4, -0.2) is 19.9 Å². The lowest BCUT2D eigenvalue weighted by Crippen LogP contribution is -2.16. The van der Waals surface area contributed by atoms with Crippen molar-refractivity contribution in [1.82, 2.24) is 4.98 Å². The van der Waals surface area contributed by atoms with Gasteiger partial charge < -0.3 is 5.32 Å². The molecule has 0 spiro atoms. The summed E-state index contributed by atoms with van der Waals surface area (Å²) < 4.78 is 27.4. The Bertz CT molecular complexity index is 751. The summed E-state index contributed by atoms with van der Waals surface area (Å²) in [5, 5.41) is 3.40. The molecule has 1 aromatic carbocycles. The number of sulfonamides is 1. The third-order valence-electron chi connectivity index (χ3n) is 2.64. The summed E-state index contributed by atoms with van der Waals surface area (Å²) in [6.07, 6.45) is 2.79. The number of aromatic nitrogens is 1. The maximum absolute atomic E-state index is 12.5. The molecule has 0 saturated heterocycles. The second-order valence-corrected chi connectivity index (χ2v) is 6.55. The number of halogens is 2. The van der Waals surface area contributed by atoms with Crippen LogP contribution in [0.15, 0.2) is 41.6 Å². The van der Waals surface area contributed by atoms with Gasteiger partial charge in [-0.3, -0.25) is 9.71 Å². The van der Waals surface area contributed by atoms with Crippen LogP contribution < -0.4 is 10.0 Å². The monoisotopic (exact) mass is 345 g/mol. The summed E-state index contributed by atoms with van der Waals surface area (Å²) in [6, 6.07) is 6.32. The van der Waals surface area contributed by atoms with Gasteiger partial charge in [-0.1, -0.05) is 29.3 Å². The van der Waals surface area contributed by atoms with Gasteiger partial charge in [-0.25, -0.2) is 8.42 Å². The summed E-state index contributed by atoms with van der Waals surface area (Å²) in [6.45, 7) is 2.46. The third-order valence-corrected chi connectivity index (χ3v) is 4.85. The molecule has 2 N–H and O–H groups in total. The SMILES string of the molecule is CCNc1ccncc1S(=O)(=O)Nc1cccc(Cl)c1Cl. The highest BCUT2D eigenvalue weighted by atomic mass is 35.5. The number of pyridine rings is 1. The van der Waals surface area contributed by atoms with Gasteiger partial charge in [-0.15, -0.1) is 0 Å². The van der Waals surface area contributed by atoms with Gasteiger partial charge in [0, 0.05) is 18.9 Å². The van der Waals surface area contributed by atoms with Gasteiger partial charge in [0.25, 0.3) is 10.0 Å². The van der Waals surface area contributed by atoms with Crippen molar-refractivity contribution in [1.29, 1.82) is 0 Å². The summed E-state index contributed by atoms with van der Waals surface area (Å²) in [7, 11) is -3.82. The molecule has 0 aliphatic carbocycles. The Morgan fingerprint density at radius 2 is 1.95 bits per heavy atom. The molecule has 0 saturated carbocycles. The molecule has 0 unspecified atom stereocenters. The normalized spacial score (nSPS) is 11.2. The first-order chi connectivity index (χ1) is 9.95. The zero-order valence-corrected chi connectivity index (χ0v) is 13.4. The molecule has 2 aromatic rings. The van der Waals surface area contributed by atoms with E-state index < -0.39 is 10.0 Å². The molecule has 8 heteroatoms. The Morgan fingerprint density at radius 3 is 2.67 bits per heavy atom. The molecule has 1 aromatic heterocycles. The fourth-order valence-electron chi connectivity index (χ4n) is 1.71. The predicted octanol–water partition coefficient (Wildman–Crippen LogP) is 3.62. The van der Waals surface area contributed by atoms with Crippen LogP contribution in [0.4, 0.5) is 11.4 Å². The molecule has 0 fully saturated rings. The van der Waals surface area contributed by atoms with Crippen molar-refractivity contribution in [3.63, 3.8) is 0 Å². The van der Waals surface area contributed by atoms with E-state index in [1.807, 2.05) is 6.92 Å². The van der Waals surface area contributed by atoms with E-state index in [-0.39, 0.29) is 20.6 Å². The van der Waals surface area contributed by atoms with E-state index in [2.05, 4.69) is 15.0 Å². The molecule has 2 rings (SSSR count). The van der Waals surface area contributed by atoms with Gasteiger partial charge in [-0.2, -0.15) is 0 Å². The van der Waals surface area contributed by atoms with Crippen molar-refractivity contribution in [2.45, 2.75) is 11.8 Å². The minimum atomic E-state index is -3.82. The van der Waals surface area contributed by atoms with E-state index in [0.29, 0.717) is 12.2 Å². The molecule has 5 nitrogen and oxygen atoms in total. The highest BCUT2D eigenvalue weighted by Gasteiger charge is 2.20. The van der Waals surface area contributed by atoms with Crippen molar-refractivity contribution in [2.24, 2.45) is 0 Å². The average molecular weight is 346 g/mol. The Labute approximate surface area is 133 Å². The quantitative estimate of drug-likeness (QED) is 0.867. The number of rotatable bonds is 5. The van der Waals surface area contributed by atoms with Crippen LogP contribution in [-0.2, 0) is 10.0 Å². The third kappa shape index (κ3) is 3.58. The van der Waals surface area contributed by atoms with Gasteiger partial charge in [0.2, 0.25) is 0 Å². The smallest absolute Gasteiger partial charge is 0.265 e. The van der Waals surface area contributed by atoms with E-state index >= 15 is 0 Å². The highest BCUT2D eigenvalue weighted by Crippen LogP contribution is 2.32. The van der Waals surface area contributed by atoms with Crippen LogP contribution >= 0.6 is 23.2 Å². The minimum Gasteiger partial charge on any atom is -0.384 e.